The van der Waals surface area contributed by atoms with E-state index < -0.39 is 30.0 Å². The van der Waals surface area contributed by atoms with Crippen molar-refractivity contribution in [2.24, 2.45) is 9.98 Å². The summed E-state index contributed by atoms with van der Waals surface area (Å²) in [6.45, 7) is 3.52. The molecule has 3 aliphatic rings. The molecular formula is C34H40F5N9O. The molecule has 2 aliphatic heterocycles. The van der Waals surface area contributed by atoms with Gasteiger partial charge in [-0.2, -0.15) is 13.2 Å². The van der Waals surface area contributed by atoms with Gasteiger partial charge < -0.3 is 25.3 Å². The predicted octanol–water partition coefficient (Wildman–Crippen LogP) is 5.87. The molecule has 0 radical (unpaired) electrons. The van der Waals surface area contributed by atoms with Crippen LogP contribution in [0.1, 0.15) is 47.3 Å². The molecule has 0 saturated carbocycles. The highest BCUT2D eigenvalue weighted by molar-refractivity contribution is 6.09. The van der Waals surface area contributed by atoms with Crippen LogP contribution in [0.2, 0.25) is 0 Å². The van der Waals surface area contributed by atoms with Crippen LogP contribution in [0.5, 0.6) is 0 Å². The fourth-order valence-corrected chi connectivity index (χ4v) is 5.49. The van der Waals surface area contributed by atoms with Crippen molar-refractivity contribution in [3.8, 4) is 0 Å². The highest BCUT2D eigenvalue weighted by Crippen LogP contribution is 2.33. The third kappa shape index (κ3) is 9.28. The van der Waals surface area contributed by atoms with Crippen molar-refractivity contribution in [3.05, 3.63) is 76.4 Å². The molecule has 0 spiro atoms. The fourth-order valence-electron chi connectivity index (χ4n) is 5.49. The molecule has 0 atom stereocenters. The molecule has 2 aromatic rings. The number of amides is 1. The number of alkyl halides is 5. The number of aryl methyl sites for hydroxylation is 1. The van der Waals surface area contributed by atoms with Crippen molar-refractivity contribution >= 4 is 35.3 Å². The van der Waals surface area contributed by atoms with Gasteiger partial charge in [0.2, 0.25) is 5.95 Å². The number of aromatic nitrogens is 2. The number of aliphatic imine (C=N–C) groups is 2. The van der Waals surface area contributed by atoms with Crippen molar-refractivity contribution in [2.45, 2.75) is 44.7 Å². The maximum Gasteiger partial charge on any atom is 0.413 e. The normalized spacial score (nSPS) is 18.5. The Morgan fingerprint density at radius 1 is 1.12 bits per heavy atom. The fraction of sp³-hybridized carbons (Fsp3) is 0.441. The van der Waals surface area contributed by atoms with Crippen molar-refractivity contribution in [2.75, 3.05) is 64.1 Å². The van der Waals surface area contributed by atoms with Gasteiger partial charge in [0.1, 0.15) is 5.69 Å². The number of nitrogens with zero attached hydrogens (tertiary/aromatic N) is 7. The number of carbonyl (C=O) groups excluding carboxylic acids is 1. The first-order chi connectivity index (χ1) is 23.2. The lowest BCUT2D eigenvalue weighted by molar-refractivity contribution is -0.0930. The van der Waals surface area contributed by atoms with E-state index in [4.69, 9.17) is 4.99 Å². The number of piperidine rings is 1. The van der Waals surface area contributed by atoms with E-state index in [0.717, 1.165) is 24.6 Å². The molecule has 1 saturated heterocycles. The van der Waals surface area contributed by atoms with Gasteiger partial charge in [-0.05, 0) is 70.3 Å². The first-order valence-corrected chi connectivity index (χ1v) is 16.0. The first kappa shape index (κ1) is 35.6. The predicted molar refractivity (Wildman–Crippen MR) is 181 cm³/mol. The minimum atomic E-state index is -4.52. The molecule has 0 unspecified atom stereocenters. The minimum Gasteiger partial charge on any atom is -0.374 e. The van der Waals surface area contributed by atoms with E-state index in [-0.39, 0.29) is 43.7 Å². The topological polar surface area (TPSA) is 101 Å². The Labute approximate surface area is 282 Å². The lowest BCUT2D eigenvalue weighted by Crippen LogP contribution is -2.40. The van der Waals surface area contributed by atoms with Gasteiger partial charge in [0.15, 0.2) is 0 Å². The average Bonchev–Trinajstić information content (AvgIpc) is 3.38. The van der Waals surface area contributed by atoms with Gasteiger partial charge in [0, 0.05) is 62.1 Å². The van der Waals surface area contributed by atoms with Gasteiger partial charge in [-0.25, -0.2) is 23.7 Å². The molecule has 3 heterocycles. The van der Waals surface area contributed by atoms with Crippen LogP contribution in [0.4, 0.5) is 39.3 Å². The summed E-state index contributed by atoms with van der Waals surface area (Å²) in [5, 5.41) is 5.81. The van der Waals surface area contributed by atoms with E-state index in [1.807, 2.05) is 25.9 Å². The summed E-state index contributed by atoms with van der Waals surface area (Å²) in [4.78, 5) is 37.2. The monoisotopic (exact) mass is 685 g/mol. The number of fused-ring (bicyclic) bond motifs is 1. The maximum absolute atomic E-state index is 13.8. The zero-order chi connectivity index (χ0) is 35.3. The quantitative estimate of drug-likeness (QED) is 0.319. The Balaban J connectivity index is 1.39. The van der Waals surface area contributed by atoms with Crippen LogP contribution >= 0.6 is 0 Å². The molecule has 1 aliphatic carbocycles. The third-order valence-electron chi connectivity index (χ3n) is 8.44. The van der Waals surface area contributed by atoms with Crippen molar-refractivity contribution < 1.29 is 26.7 Å². The summed E-state index contributed by atoms with van der Waals surface area (Å²) in [5.41, 5.74) is 2.84. The maximum atomic E-state index is 13.8. The number of hydrogen-bond acceptors (Lipinski definition) is 9. The molecule has 2 N–H and O–H groups in total. The molecule has 262 valence electrons. The SMILES string of the molecule is Cc1ccc(C(=O)NC2=CCC(C(F)(F)F)=CC(N(C)CCCN(C)C)=C2)cc1N=C1CN=CNc2cnc(N3CCC(F)(F)CC3)nc21. The zero-order valence-corrected chi connectivity index (χ0v) is 27.9. The van der Waals surface area contributed by atoms with E-state index in [0.29, 0.717) is 41.0 Å². The molecule has 1 aromatic carbocycles. The van der Waals surface area contributed by atoms with E-state index in [2.05, 4.69) is 25.6 Å². The van der Waals surface area contributed by atoms with Crippen molar-refractivity contribution in [1.82, 2.24) is 25.1 Å². The second-order valence-corrected chi connectivity index (χ2v) is 12.6. The van der Waals surface area contributed by atoms with Crippen molar-refractivity contribution in [1.29, 1.82) is 0 Å². The molecule has 1 aromatic heterocycles. The number of carbonyl (C=O) groups is 1. The van der Waals surface area contributed by atoms with Gasteiger partial charge in [0.25, 0.3) is 11.8 Å². The lowest BCUT2D eigenvalue weighted by atomic mass is 10.1. The largest absolute Gasteiger partial charge is 0.413 e. The molecule has 10 nitrogen and oxygen atoms in total. The zero-order valence-electron chi connectivity index (χ0n) is 27.9. The molecule has 1 fully saturated rings. The van der Waals surface area contributed by atoms with Gasteiger partial charge in [0.05, 0.1) is 36.2 Å². The number of halogens is 5. The van der Waals surface area contributed by atoms with E-state index in [1.54, 1.807) is 47.3 Å². The number of benzene rings is 1. The second-order valence-electron chi connectivity index (χ2n) is 12.6. The molecular weight excluding hydrogens is 645 g/mol. The number of likely N-dealkylation sites (N-methyl/N-ethyl adjacent to an activating group) is 1. The summed E-state index contributed by atoms with van der Waals surface area (Å²) >= 11 is 0. The summed E-state index contributed by atoms with van der Waals surface area (Å²) in [5.74, 6) is -2.91. The Morgan fingerprint density at radius 3 is 2.59 bits per heavy atom. The summed E-state index contributed by atoms with van der Waals surface area (Å²) < 4.78 is 69.0. The molecule has 5 rings (SSSR count). The van der Waals surface area contributed by atoms with E-state index >= 15 is 0 Å². The molecule has 1 amide bonds. The van der Waals surface area contributed by atoms with Crippen LogP contribution in [-0.4, -0.2) is 104 Å². The Bertz CT molecular complexity index is 1700. The van der Waals surface area contributed by atoms with Gasteiger partial charge >= 0.3 is 6.18 Å². The summed E-state index contributed by atoms with van der Waals surface area (Å²) in [6.07, 6.45) is 2.37. The number of allylic oxidation sites excluding steroid dienone is 4. The molecule has 15 heteroatoms. The summed E-state index contributed by atoms with van der Waals surface area (Å²) in [7, 11) is 5.59. The van der Waals surface area contributed by atoms with Crippen LogP contribution < -0.4 is 15.5 Å². The summed E-state index contributed by atoms with van der Waals surface area (Å²) in [6, 6.07) is 4.95. The minimum absolute atomic E-state index is 0.117. The third-order valence-corrected chi connectivity index (χ3v) is 8.44. The number of anilines is 2. The van der Waals surface area contributed by atoms with Gasteiger partial charge in [-0.1, -0.05) is 12.1 Å². The molecule has 49 heavy (non-hydrogen) atoms. The smallest absolute Gasteiger partial charge is 0.374 e. The number of hydrogen-bond donors (Lipinski definition) is 2. The van der Waals surface area contributed by atoms with Crippen LogP contribution in [0, 0.1) is 6.92 Å². The Kier molecular flexibility index (Phi) is 10.8. The lowest BCUT2D eigenvalue weighted by Gasteiger charge is -2.31. The Morgan fingerprint density at radius 2 is 1.88 bits per heavy atom. The Hall–Kier alpha value is -4.66. The van der Waals surface area contributed by atoms with Gasteiger partial charge in [-0.15, -0.1) is 0 Å². The first-order valence-electron chi connectivity index (χ1n) is 16.0. The van der Waals surface area contributed by atoms with Crippen molar-refractivity contribution in [3.63, 3.8) is 0 Å². The van der Waals surface area contributed by atoms with Crippen LogP contribution in [0.25, 0.3) is 0 Å². The highest BCUT2D eigenvalue weighted by Gasteiger charge is 2.35. The van der Waals surface area contributed by atoms with Crippen LogP contribution in [0.15, 0.2) is 69.6 Å². The standard InChI is InChI=1S/C34H40F5N9O/c1-22-6-7-23(31(49)43-25-9-8-24(34(37,38)39)17-26(18-25)47(4)13-5-12-46(2)3)16-27(22)44-29-19-40-21-42-28-20-41-32(45-30(28)29)48-14-10-33(35,36)11-15-48/h6-7,9,16-18,20-21H,5,8,10-15,19H2,1-4H3,(H,40,42)(H,43,49). The van der Waals surface area contributed by atoms with Crippen LogP contribution in [0.3, 0.4) is 0 Å². The second kappa shape index (κ2) is 14.8. The van der Waals surface area contributed by atoms with E-state index in [1.165, 1.54) is 12.4 Å². The van der Waals surface area contributed by atoms with Gasteiger partial charge in [-0.3, -0.25) is 9.79 Å². The average molecular weight is 686 g/mol. The molecule has 0 bridgehead atoms. The van der Waals surface area contributed by atoms with Crippen LogP contribution in [-0.2, 0) is 0 Å². The highest BCUT2D eigenvalue weighted by atomic mass is 19.4. The van der Waals surface area contributed by atoms with E-state index in [9.17, 15) is 26.7 Å². The number of rotatable bonds is 9. The number of nitrogens with one attached hydrogen (secondary N) is 2.